The van der Waals surface area contributed by atoms with Crippen LogP contribution in [0, 0.1) is 0 Å². The van der Waals surface area contributed by atoms with Crippen molar-refractivity contribution in [3.05, 3.63) is 230 Å². The van der Waals surface area contributed by atoms with Gasteiger partial charge < -0.3 is 8.98 Å². The minimum Gasteiger partial charge on any atom is -0.455 e. The van der Waals surface area contributed by atoms with Crippen LogP contribution >= 0.6 is 0 Å². The van der Waals surface area contributed by atoms with Crippen LogP contribution in [-0.4, -0.2) is 19.5 Å². The van der Waals surface area contributed by atoms with Crippen LogP contribution in [0.15, 0.2) is 235 Å². The molecule has 0 unspecified atom stereocenters. The van der Waals surface area contributed by atoms with Gasteiger partial charge in [0.25, 0.3) is 0 Å². The summed E-state index contributed by atoms with van der Waals surface area (Å²) in [4.78, 5) is 15.5. The fourth-order valence-electron chi connectivity index (χ4n) is 9.26. The lowest BCUT2D eigenvalue weighted by Gasteiger charge is -2.15. The number of fused-ring (bicyclic) bond motifs is 7. The molecule has 5 heteroatoms. The molecular weight excluding hydrogens is 805 g/mol. The molecule has 0 saturated heterocycles. The number of aromatic nitrogens is 4. The predicted octanol–water partition coefficient (Wildman–Crippen LogP) is 16.0. The Kier molecular flexibility index (Phi) is 7.24. The minimum atomic E-state index is -0.472. The van der Waals surface area contributed by atoms with E-state index in [1.165, 1.54) is 6.07 Å². The molecule has 0 atom stereocenters. The van der Waals surface area contributed by atoms with Gasteiger partial charge in [-0.15, -0.1) is 0 Å². The fourth-order valence-corrected chi connectivity index (χ4v) is 9.26. The average molecular weight is 850 g/mol. The minimum absolute atomic E-state index is 0.0552. The van der Waals surface area contributed by atoms with Crippen LogP contribution in [0.3, 0.4) is 0 Å². The Morgan fingerprint density at radius 1 is 0.364 bits per heavy atom. The zero-order valence-electron chi connectivity index (χ0n) is 42.1. The monoisotopic (exact) mass is 849 g/mol. The van der Waals surface area contributed by atoms with E-state index in [4.69, 9.17) is 26.2 Å². The molecule has 0 radical (unpaired) electrons. The van der Waals surface area contributed by atoms with E-state index in [1.807, 2.05) is 97.1 Å². The normalized spacial score (nSPS) is 13.1. The molecule has 0 aliphatic rings. The van der Waals surface area contributed by atoms with Gasteiger partial charge in [-0.2, -0.15) is 0 Å². The standard InChI is InChI=1S/C61H38N4O/c1-2-15-39(16-3-1)43-35-36-57-53(38-43)51-27-14-26-48(58(51)66-57)44-19-12-20-45(37-44)60-62-59(42-33-31-41(32-34-42)47-25-13-18-40-17-4-5-21-46(40)47)63-61(64-60)52-24-8-11-30-56(52)65-54-28-9-6-22-49(54)50-23-7-10-29-55(50)65/h1-38H/i6D,7D,9D,22D,23D,28D,29D. The number of rotatable bonds is 7. The Balaban J connectivity index is 1.01. The molecule has 13 aromatic rings. The highest BCUT2D eigenvalue weighted by molar-refractivity contribution is 6.11. The quantitative estimate of drug-likeness (QED) is 0.160. The van der Waals surface area contributed by atoms with Crippen molar-refractivity contribution in [1.29, 1.82) is 0 Å². The first-order chi connectivity index (χ1) is 35.6. The summed E-state index contributed by atoms with van der Waals surface area (Å²) in [6.45, 7) is 0. The fraction of sp³-hybridized carbons (Fsp3) is 0. The van der Waals surface area contributed by atoms with Crippen LogP contribution in [-0.2, 0) is 0 Å². The molecule has 66 heavy (non-hydrogen) atoms. The Bertz CT molecular complexity index is 4410. The molecule has 0 amide bonds. The van der Waals surface area contributed by atoms with Crippen molar-refractivity contribution in [3.63, 3.8) is 0 Å². The molecule has 13 rings (SSSR count). The van der Waals surface area contributed by atoms with Gasteiger partial charge in [-0.3, -0.25) is 0 Å². The molecule has 0 N–H and O–H groups in total. The molecular formula is C61H38N4O. The Hall–Kier alpha value is -8.93. The third-order valence-corrected chi connectivity index (χ3v) is 12.4. The van der Waals surface area contributed by atoms with Crippen molar-refractivity contribution in [1.82, 2.24) is 19.5 Å². The molecule has 0 aliphatic carbocycles. The van der Waals surface area contributed by atoms with E-state index in [0.717, 1.165) is 71.7 Å². The first kappa shape index (κ1) is 31.0. The molecule has 0 fully saturated rings. The lowest BCUT2D eigenvalue weighted by Crippen LogP contribution is -2.03. The maximum atomic E-state index is 9.22. The van der Waals surface area contributed by atoms with Gasteiger partial charge in [-0.25, -0.2) is 15.0 Å². The van der Waals surface area contributed by atoms with Crippen LogP contribution in [0.5, 0.6) is 0 Å². The molecule has 0 saturated carbocycles. The second-order valence-corrected chi connectivity index (χ2v) is 16.2. The van der Waals surface area contributed by atoms with E-state index < -0.39 is 12.1 Å². The second kappa shape index (κ2) is 15.4. The predicted molar refractivity (Wildman–Crippen MR) is 272 cm³/mol. The number of para-hydroxylation sites is 4. The molecule has 3 aromatic heterocycles. The van der Waals surface area contributed by atoms with Gasteiger partial charge in [0, 0.05) is 43.8 Å². The lowest BCUT2D eigenvalue weighted by molar-refractivity contribution is 0.670. The Morgan fingerprint density at radius 2 is 0.985 bits per heavy atom. The van der Waals surface area contributed by atoms with E-state index in [9.17, 15) is 2.74 Å². The molecule has 3 heterocycles. The van der Waals surface area contributed by atoms with Gasteiger partial charge in [0.2, 0.25) is 0 Å². The summed E-state index contributed by atoms with van der Waals surface area (Å²) >= 11 is 0. The Labute approximate surface area is 390 Å². The van der Waals surface area contributed by atoms with E-state index in [0.29, 0.717) is 28.5 Å². The van der Waals surface area contributed by atoms with Gasteiger partial charge in [0.05, 0.1) is 26.3 Å². The zero-order chi connectivity index (χ0) is 49.6. The van der Waals surface area contributed by atoms with Crippen molar-refractivity contribution in [2.75, 3.05) is 0 Å². The second-order valence-electron chi connectivity index (χ2n) is 16.2. The lowest BCUT2D eigenvalue weighted by atomic mass is 9.97. The molecule has 0 bridgehead atoms. The van der Waals surface area contributed by atoms with Gasteiger partial charge in [0.15, 0.2) is 17.5 Å². The smallest absolute Gasteiger partial charge is 0.166 e. The van der Waals surface area contributed by atoms with Crippen molar-refractivity contribution < 1.29 is 14.0 Å². The van der Waals surface area contributed by atoms with Crippen LogP contribution in [0.2, 0.25) is 0 Å². The highest BCUT2D eigenvalue weighted by atomic mass is 16.3. The van der Waals surface area contributed by atoms with E-state index >= 15 is 0 Å². The van der Waals surface area contributed by atoms with E-state index in [1.54, 1.807) is 16.7 Å². The Morgan fingerprint density at radius 3 is 1.89 bits per heavy atom. The van der Waals surface area contributed by atoms with Crippen molar-refractivity contribution >= 4 is 54.5 Å². The molecule has 0 aliphatic heterocycles. The third-order valence-electron chi connectivity index (χ3n) is 12.4. The summed E-state index contributed by atoms with van der Waals surface area (Å²) in [5.41, 5.74) is 10.2. The number of furan rings is 1. The summed E-state index contributed by atoms with van der Waals surface area (Å²) in [7, 11) is 0. The first-order valence-corrected chi connectivity index (χ1v) is 21.7. The summed E-state index contributed by atoms with van der Waals surface area (Å²) < 4.78 is 70.6. The van der Waals surface area contributed by atoms with Crippen LogP contribution in [0.25, 0.3) is 128 Å². The number of hydrogen-bond donors (Lipinski definition) is 0. The topological polar surface area (TPSA) is 56.7 Å². The maximum absolute atomic E-state index is 9.22. The molecule has 10 aromatic carbocycles. The summed E-state index contributed by atoms with van der Waals surface area (Å²) in [6.07, 6.45) is 0. The summed E-state index contributed by atoms with van der Waals surface area (Å²) in [6, 6.07) is 59.7. The molecule has 5 nitrogen and oxygen atoms in total. The van der Waals surface area contributed by atoms with Gasteiger partial charge in [-0.1, -0.05) is 188 Å². The number of nitrogens with zero attached hydrogens (tertiary/aromatic N) is 4. The van der Waals surface area contributed by atoms with Crippen LogP contribution in [0.4, 0.5) is 0 Å². The van der Waals surface area contributed by atoms with Crippen molar-refractivity contribution in [2.45, 2.75) is 0 Å². The van der Waals surface area contributed by atoms with Crippen LogP contribution in [0.1, 0.15) is 9.60 Å². The average Bonchev–Trinajstić information content (AvgIpc) is 4.01. The van der Waals surface area contributed by atoms with Crippen LogP contribution < -0.4 is 0 Å². The number of hydrogen-bond acceptors (Lipinski definition) is 4. The zero-order valence-corrected chi connectivity index (χ0v) is 35.1. The summed E-state index contributed by atoms with van der Waals surface area (Å²) in [5, 5.41) is 4.43. The van der Waals surface area contributed by atoms with E-state index in [-0.39, 0.29) is 57.8 Å². The molecule has 0 spiro atoms. The van der Waals surface area contributed by atoms with E-state index in [2.05, 4.69) is 72.8 Å². The SMILES string of the molecule is [2H]c1cc([2H])c2c(c1[2H])c1c([2H])c([2H])c([2H])c([2H])c1n2-c1ccccc1-c1nc(-c2ccc(-c3cccc4ccccc34)cc2)nc(-c2cccc(-c3cccc4c3oc3ccc(-c5ccccc5)cc34)c2)n1. The van der Waals surface area contributed by atoms with Gasteiger partial charge in [-0.05, 0) is 81.0 Å². The first-order valence-electron chi connectivity index (χ1n) is 25.2. The largest absolute Gasteiger partial charge is 0.455 e. The third kappa shape index (κ3) is 6.28. The highest BCUT2D eigenvalue weighted by Crippen LogP contribution is 2.40. The van der Waals surface area contributed by atoms with Crippen molar-refractivity contribution in [2.24, 2.45) is 0 Å². The maximum Gasteiger partial charge on any atom is 0.166 e. The van der Waals surface area contributed by atoms with Gasteiger partial charge in [0.1, 0.15) is 11.2 Å². The molecule has 308 valence electrons. The van der Waals surface area contributed by atoms with Gasteiger partial charge >= 0.3 is 0 Å². The number of benzene rings is 10. The summed E-state index contributed by atoms with van der Waals surface area (Å²) in [5.74, 6) is 1.02. The van der Waals surface area contributed by atoms with Crippen molar-refractivity contribution in [3.8, 4) is 73.2 Å². The highest BCUT2D eigenvalue weighted by Gasteiger charge is 2.20.